The van der Waals surface area contributed by atoms with E-state index in [0.717, 1.165) is 0 Å². The van der Waals surface area contributed by atoms with Crippen LogP contribution < -0.4 is 5.69 Å². The summed E-state index contributed by atoms with van der Waals surface area (Å²) in [5.41, 5.74) is 1.09. The van der Waals surface area contributed by atoms with Crippen molar-refractivity contribution in [3.05, 3.63) is 32.7 Å². The van der Waals surface area contributed by atoms with Gasteiger partial charge in [-0.2, -0.15) is 0 Å². The molecule has 1 aromatic carbocycles. The monoisotopic (exact) mass is 348 g/mol. The fraction of sp³-hybridized carbons (Fsp3) is 0.333. The zero-order valence-corrected chi connectivity index (χ0v) is 11.8. The molecule has 2 aromatic rings. The van der Waals surface area contributed by atoms with Gasteiger partial charge in [-0.05, 0) is 28.1 Å². The van der Waals surface area contributed by atoms with Crippen molar-refractivity contribution in [2.45, 2.75) is 12.8 Å². The molecule has 0 unspecified atom stereocenters. The number of benzene rings is 1. The predicted molar refractivity (Wildman–Crippen MR) is 72.4 cm³/mol. The fourth-order valence-corrected chi connectivity index (χ4v) is 2.31. The number of H-pyrrole nitrogens is 2. The Morgan fingerprint density at radius 1 is 1.30 bits per heavy atom. The maximum atomic E-state index is 12.0. The van der Waals surface area contributed by atoms with Gasteiger partial charge in [0.05, 0.1) is 17.6 Å². The SMILES string of the molecule is O=C(CCOCC(F)F)c1cc2[nH]c(=O)[nH]c2cc1Br. The van der Waals surface area contributed by atoms with Crippen molar-refractivity contribution in [1.29, 1.82) is 0 Å². The number of aromatic amines is 2. The van der Waals surface area contributed by atoms with E-state index in [2.05, 4.69) is 30.6 Å². The second-order valence-electron chi connectivity index (χ2n) is 4.10. The van der Waals surface area contributed by atoms with Crippen molar-refractivity contribution in [3.8, 4) is 0 Å². The summed E-state index contributed by atoms with van der Waals surface area (Å²) in [6, 6.07) is 3.15. The third kappa shape index (κ3) is 3.51. The zero-order chi connectivity index (χ0) is 14.7. The van der Waals surface area contributed by atoms with E-state index in [0.29, 0.717) is 21.1 Å². The van der Waals surface area contributed by atoms with Gasteiger partial charge in [0.15, 0.2) is 5.78 Å². The minimum atomic E-state index is -2.54. The molecule has 0 spiro atoms. The van der Waals surface area contributed by atoms with Crippen LogP contribution >= 0.6 is 15.9 Å². The van der Waals surface area contributed by atoms with Gasteiger partial charge in [-0.1, -0.05) is 0 Å². The fourth-order valence-electron chi connectivity index (χ4n) is 1.74. The molecule has 0 radical (unpaired) electrons. The molecule has 1 aromatic heterocycles. The molecule has 2 N–H and O–H groups in total. The molecule has 0 aliphatic heterocycles. The maximum Gasteiger partial charge on any atom is 0.323 e. The number of hydrogen-bond donors (Lipinski definition) is 2. The van der Waals surface area contributed by atoms with E-state index < -0.39 is 13.0 Å². The van der Waals surface area contributed by atoms with Crippen LogP contribution in [0.3, 0.4) is 0 Å². The van der Waals surface area contributed by atoms with Crippen LogP contribution in [0.25, 0.3) is 11.0 Å². The second kappa shape index (κ2) is 6.27. The standard InChI is InChI=1S/C12H11BrF2N2O3/c13-7-4-9-8(16-12(19)17-9)3-6(7)10(18)1-2-20-5-11(14)15/h3-4,11H,1-2,5H2,(H2,16,17,19). The Labute approximate surface area is 120 Å². The number of imidazole rings is 1. The molecule has 0 atom stereocenters. The van der Waals surface area contributed by atoms with Crippen LogP contribution in [-0.4, -0.2) is 35.4 Å². The van der Waals surface area contributed by atoms with Crippen molar-refractivity contribution in [2.24, 2.45) is 0 Å². The largest absolute Gasteiger partial charge is 0.375 e. The molecule has 0 aliphatic rings. The van der Waals surface area contributed by atoms with Gasteiger partial charge in [0.25, 0.3) is 6.43 Å². The highest BCUT2D eigenvalue weighted by Crippen LogP contribution is 2.23. The molecule has 20 heavy (non-hydrogen) atoms. The van der Waals surface area contributed by atoms with Gasteiger partial charge in [0, 0.05) is 16.5 Å². The lowest BCUT2D eigenvalue weighted by atomic mass is 10.1. The minimum absolute atomic E-state index is 0.00845. The van der Waals surface area contributed by atoms with Crippen molar-refractivity contribution in [1.82, 2.24) is 9.97 Å². The first-order valence-electron chi connectivity index (χ1n) is 5.78. The van der Waals surface area contributed by atoms with Gasteiger partial charge in [-0.25, -0.2) is 13.6 Å². The van der Waals surface area contributed by atoms with Crippen molar-refractivity contribution >= 4 is 32.7 Å². The first-order valence-corrected chi connectivity index (χ1v) is 6.57. The van der Waals surface area contributed by atoms with Crippen LogP contribution in [-0.2, 0) is 4.74 Å². The molecule has 5 nitrogen and oxygen atoms in total. The van der Waals surface area contributed by atoms with Crippen LogP contribution in [0, 0.1) is 0 Å². The van der Waals surface area contributed by atoms with Gasteiger partial charge < -0.3 is 14.7 Å². The number of ether oxygens (including phenoxy) is 1. The van der Waals surface area contributed by atoms with E-state index in [1.54, 1.807) is 6.07 Å². The lowest BCUT2D eigenvalue weighted by molar-refractivity contribution is 0.0170. The van der Waals surface area contributed by atoms with Gasteiger partial charge in [-0.15, -0.1) is 0 Å². The molecule has 0 amide bonds. The molecule has 2 rings (SSSR count). The van der Waals surface area contributed by atoms with Crippen molar-refractivity contribution in [2.75, 3.05) is 13.2 Å². The Kier molecular flexibility index (Phi) is 4.66. The summed E-state index contributed by atoms with van der Waals surface area (Å²) >= 11 is 3.24. The van der Waals surface area contributed by atoms with Gasteiger partial charge >= 0.3 is 5.69 Å². The van der Waals surface area contributed by atoms with Crippen LogP contribution in [0.1, 0.15) is 16.8 Å². The third-order valence-corrected chi connectivity index (χ3v) is 3.28. The second-order valence-corrected chi connectivity index (χ2v) is 4.95. The highest BCUT2D eigenvalue weighted by atomic mass is 79.9. The van der Waals surface area contributed by atoms with E-state index in [1.807, 2.05) is 0 Å². The van der Waals surface area contributed by atoms with Gasteiger partial charge in [-0.3, -0.25) is 4.79 Å². The Morgan fingerprint density at radius 3 is 2.60 bits per heavy atom. The molecule has 8 heteroatoms. The minimum Gasteiger partial charge on any atom is -0.375 e. The number of fused-ring (bicyclic) bond motifs is 1. The molecule has 0 saturated carbocycles. The van der Waals surface area contributed by atoms with Crippen LogP contribution in [0.2, 0.25) is 0 Å². The number of carbonyl (C=O) groups excluding carboxylic acids is 1. The van der Waals surface area contributed by atoms with E-state index in [-0.39, 0.29) is 24.5 Å². The molecule has 1 heterocycles. The van der Waals surface area contributed by atoms with E-state index in [4.69, 9.17) is 0 Å². The average Bonchev–Trinajstić information content (AvgIpc) is 2.72. The van der Waals surface area contributed by atoms with E-state index >= 15 is 0 Å². The molecule has 0 bridgehead atoms. The van der Waals surface area contributed by atoms with Gasteiger partial charge in [0.1, 0.15) is 6.61 Å². The Hall–Kier alpha value is -1.54. The third-order valence-electron chi connectivity index (χ3n) is 2.62. The molecule has 0 fully saturated rings. The predicted octanol–water partition coefficient (Wildman–Crippen LogP) is 2.47. The summed E-state index contributed by atoms with van der Waals surface area (Å²) in [5.74, 6) is -0.255. The smallest absolute Gasteiger partial charge is 0.323 e. The number of Topliss-reactive ketones (excluding diaryl/α,β-unsaturated/α-hetero) is 1. The number of nitrogens with one attached hydrogen (secondary N) is 2. The van der Waals surface area contributed by atoms with E-state index in [1.165, 1.54) is 6.07 Å². The van der Waals surface area contributed by atoms with E-state index in [9.17, 15) is 18.4 Å². The average molecular weight is 349 g/mol. The summed E-state index contributed by atoms with van der Waals surface area (Å²) < 4.78 is 28.9. The Morgan fingerprint density at radius 2 is 1.95 bits per heavy atom. The quantitative estimate of drug-likeness (QED) is 0.622. The maximum absolute atomic E-state index is 12.0. The molecular weight excluding hydrogens is 338 g/mol. The Bertz CT molecular complexity index is 681. The highest BCUT2D eigenvalue weighted by Gasteiger charge is 2.13. The molecular formula is C12H11BrF2N2O3. The summed E-state index contributed by atoms with van der Waals surface area (Å²) in [6.45, 7) is -0.754. The zero-order valence-electron chi connectivity index (χ0n) is 10.2. The molecule has 108 valence electrons. The number of halogens is 3. The molecule has 0 aliphatic carbocycles. The van der Waals surface area contributed by atoms with Gasteiger partial charge in [0.2, 0.25) is 0 Å². The lowest BCUT2D eigenvalue weighted by Gasteiger charge is -2.05. The summed E-state index contributed by atoms with van der Waals surface area (Å²) in [4.78, 5) is 28.2. The summed E-state index contributed by atoms with van der Waals surface area (Å²) in [5, 5.41) is 0. The first kappa shape index (κ1) is 14.9. The summed E-state index contributed by atoms with van der Waals surface area (Å²) in [6.07, 6.45) is -2.55. The number of ketones is 1. The number of rotatable bonds is 6. The number of aromatic nitrogens is 2. The number of alkyl halides is 2. The first-order chi connectivity index (χ1) is 9.47. The van der Waals surface area contributed by atoms with Crippen LogP contribution in [0.15, 0.2) is 21.4 Å². The summed E-state index contributed by atoms with van der Waals surface area (Å²) in [7, 11) is 0. The highest BCUT2D eigenvalue weighted by molar-refractivity contribution is 9.10. The molecule has 0 saturated heterocycles. The number of carbonyl (C=O) groups is 1. The number of hydrogen-bond acceptors (Lipinski definition) is 3. The van der Waals surface area contributed by atoms with Crippen molar-refractivity contribution in [3.63, 3.8) is 0 Å². The lowest BCUT2D eigenvalue weighted by Crippen LogP contribution is -2.09. The van der Waals surface area contributed by atoms with Crippen molar-refractivity contribution < 1.29 is 18.3 Å². The normalized spacial score (nSPS) is 11.4. The topological polar surface area (TPSA) is 75.0 Å². The van der Waals surface area contributed by atoms with Crippen LogP contribution in [0.5, 0.6) is 0 Å². The Balaban J connectivity index is 2.09. The van der Waals surface area contributed by atoms with Crippen LogP contribution in [0.4, 0.5) is 8.78 Å².